The minimum atomic E-state index is -0.294. The molecule has 0 bridgehead atoms. The molecule has 0 aliphatic rings. The first-order valence-corrected chi connectivity index (χ1v) is 3.32. The highest BCUT2D eigenvalue weighted by Crippen LogP contribution is 1.90. The summed E-state index contributed by atoms with van der Waals surface area (Å²) in [6, 6.07) is 0. The summed E-state index contributed by atoms with van der Waals surface area (Å²) < 4.78 is 4.56. The van der Waals surface area contributed by atoms with E-state index in [9.17, 15) is 9.59 Å². The molecule has 0 aliphatic carbocycles. The van der Waals surface area contributed by atoms with Crippen molar-refractivity contribution in [1.82, 2.24) is 0 Å². The third-order valence-electron chi connectivity index (χ3n) is 0.891. The first-order valence-electron chi connectivity index (χ1n) is 3.32. The molecule has 0 N–H and O–H groups in total. The second-order valence-corrected chi connectivity index (χ2v) is 2.11. The average molecular weight is 160 g/mol. The summed E-state index contributed by atoms with van der Waals surface area (Å²) in [5.74, 6) is -0.415. The van der Waals surface area contributed by atoms with E-state index in [0.29, 0.717) is 6.42 Å². The van der Waals surface area contributed by atoms with Gasteiger partial charge in [-0.2, -0.15) is 0 Å². The predicted octanol–water partition coefficient (Wildman–Crippen LogP) is 1.55. The van der Waals surface area contributed by atoms with Gasteiger partial charge in [0, 0.05) is 6.42 Å². The summed E-state index contributed by atoms with van der Waals surface area (Å²) in [4.78, 5) is 20.8. The van der Waals surface area contributed by atoms with Gasteiger partial charge in [0.2, 0.25) is 0 Å². The molecule has 3 nitrogen and oxygen atoms in total. The lowest BCUT2D eigenvalue weighted by Crippen LogP contribution is -2.10. The van der Waals surface area contributed by atoms with E-state index in [1.165, 1.54) is 6.92 Å². The van der Waals surface area contributed by atoms with Crippen molar-refractivity contribution < 1.29 is 14.3 Å². The first-order chi connectivity index (χ1) is 4.66. The summed E-state index contributed by atoms with van der Waals surface area (Å²) in [5.41, 5.74) is 0. The minimum absolute atomic E-state index is 0. The van der Waals surface area contributed by atoms with Crippen LogP contribution in [0.25, 0.3) is 0 Å². The Labute approximate surface area is 67.7 Å². The molecule has 0 saturated carbocycles. The van der Waals surface area contributed by atoms with Gasteiger partial charge in [-0.05, 0) is 13.3 Å². The Balaban J connectivity index is 0. The van der Waals surface area contributed by atoms with Crippen LogP contribution < -0.4 is 0 Å². The van der Waals surface area contributed by atoms with E-state index in [1.807, 2.05) is 6.92 Å². The van der Waals surface area contributed by atoms with E-state index >= 15 is 0 Å². The molecule has 0 heterocycles. The highest BCUT2D eigenvalue weighted by atomic mass is 16.5. The van der Waals surface area contributed by atoms with Crippen LogP contribution in [0.2, 0.25) is 0 Å². The topological polar surface area (TPSA) is 43.4 Å². The van der Waals surface area contributed by atoms with E-state index in [0.717, 1.165) is 6.42 Å². The molecule has 0 aliphatic heterocycles. The fourth-order valence-electron chi connectivity index (χ4n) is 0.458. The van der Waals surface area contributed by atoms with E-state index in [2.05, 4.69) is 4.74 Å². The minimum Gasteiger partial charge on any atom is -0.458 e. The maximum absolute atomic E-state index is 10.6. The fourth-order valence-corrected chi connectivity index (χ4v) is 0.458. The fraction of sp³-hybridized carbons (Fsp3) is 0.750. The van der Waals surface area contributed by atoms with Gasteiger partial charge in [0.25, 0.3) is 0 Å². The Hall–Kier alpha value is -0.860. The molecule has 0 radical (unpaired) electrons. The monoisotopic (exact) mass is 160 g/mol. The lowest BCUT2D eigenvalue weighted by atomic mass is 10.3. The summed E-state index contributed by atoms with van der Waals surface area (Å²) in [6.07, 6.45) is 1.16. The Kier molecular flexibility index (Phi) is 8.43. The molecular weight excluding hydrogens is 144 g/mol. The summed E-state index contributed by atoms with van der Waals surface area (Å²) in [5, 5.41) is 0. The summed E-state index contributed by atoms with van der Waals surface area (Å²) in [6.45, 7) is 3.19. The van der Waals surface area contributed by atoms with Crippen molar-refractivity contribution in [3.8, 4) is 0 Å². The zero-order valence-corrected chi connectivity index (χ0v) is 6.35. The van der Waals surface area contributed by atoms with Crippen LogP contribution >= 0.6 is 0 Å². The van der Waals surface area contributed by atoms with Gasteiger partial charge >= 0.3 is 5.97 Å². The Morgan fingerprint density at radius 1 is 1.36 bits per heavy atom. The number of ether oxygens (including phenoxy) is 1. The van der Waals surface area contributed by atoms with E-state index in [-0.39, 0.29) is 25.8 Å². The smallest absolute Gasteiger partial charge is 0.306 e. The zero-order valence-electron chi connectivity index (χ0n) is 6.35. The number of hydrogen-bond donors (Lipinski definition) is 0. The van der Waals surface area contributed by atoms with Crippen LogP contribution in [0.15, 0.2) is 0 Å². The van der Waals surface area contributed by atoms with E-state index < -0.39 is 0 Å². The van der Waals surface area contributed by atoms with Gasteiger partial charge in [-0.3, -0.25) is 9.59 Å². The third-order valence-corrected chi connectivity index (χ3v) is 0.891. The summed E-state index contributed by atoms with van der Waals surface area (Å²) in [7, 11) is 0. The highest BCUT2D eigenvalue weighted by Gasteiger charge is 2.00. The number of ketones is 1. The van der Waals surface area contributed by atoms with Gasteiger partial charge in [0.05, 0.1) is 0 Å². The second-order valence-electron chi connectivity index (χ2n) is 2.11. The lowest BCUT2D eigenvalue weighted by molar-refractivity contribution is -0.147. The number of carbonyl (C=O) groups is 2. The molecule has 3 heteroatoms. The van der Waals surface area contributed by atoms with Crippen molar-refractivity contribution >= 4 is 11.8 Å². The number of carbonyl (C=O) groups excluding carboxylic acids is 2. The molecule has 0 atom stereocenters. The van der Waals surface area contributed by atoms with Crippen molar-refractivity contribution in [3.63, 3.8) is 0 Å². The SMILES string of the molecule is C.CCCC(=O)OCC(C)=O. The van der Waals surface area contributed by atoms with Gasteiger partial charge < -0.3 is 4.74 Å². The third kappa shape index (κ3) is 9.14. The molecule has 0 aromatic heterocycles. The maximum atomic E-state index is 10.6. The first kappa shape index (κ1) is 12.8. The van der Waals surface area contributed by atoms with Gasteiger partial charge in [0.1, 0.15) is 6.61 Å². The number of esters is 1. The quantitative estimate of drug-likeness (QED) is 0.586. The van der Waals surface area contributed by atoms with Gasteiger partial charge in [-0.15, -0.1) is 0 Å². The van der Waals surface area contributed by atoms with Crippen molar-refractivity contribution in [1.29, 1.82) is 0 Å². The molecule has 0 amide bonds. The molecule has 0 saturated heterocycles. The lowest BCUT2D eigenvalue weighted by Gasteiger charge is -1.98. The highest BCUT2D eigenvalue weighted by molar-refractivity contribution is 5.80. The van der Waals surface area contributed by atoms with Crippen LogP contribution in [-0.2, 0) is 14.3 Å². The van der Waals surface area contributed by atoms with Crippen molar-refractivity contribution in [3.05, 3.63) is 0 Å². The normalized spacial score (nSPS) is 8.18. The molecular formula is C8H16O3. The molecule has 0 rings (SSSR count). The average Bonchev–Trinajstić information content (AvgIpc) is 1.85. The van der Waals surface area contributed by atoms with Crippen LogP contribution in [0.5, 0.6) is 0 Å². The van der Waals surface area contributed by atoms with Crippen molar-refractivity contribution in [2.45, 2.75) is 34.1 Å². The van der Waals surface area contributed by atoms with Gasteiger partial charge in [0.15, 0.2) is 5.78 Å². The van der Waals surface area contributed by atoms with Gasteiger partial charge in [-0.25, -0.2) is 0 Å². The van der Waals surface area contributed by atoms with Crippen LogP contribution in [0.1, 0.15) is 34.1 Å². The van der Waals surface area contributed by atoms with Crippen LogP contribution in [0.3, 0.4) is 0 Å². The largest absolute Gasteiger partial charge is 0.458 e. The molecule has 0 aromatic carbocycles. The van der Waals surface area contributed by atoms with Crippen LogP contribution in [-0.4, -0.2) is 18.4 Å². The molecule has 0 spiro atoms. The molecule has 66 valence electrons. The zero-order chi connectivity index (χ0) is 7.98. The Morgan fingerprint density at radius 3 is 2.27 bits per heavy atom. The Morgan fingerprint density at radius 2 is 1.91 bits per heavy atom. The number of Topliss-reactive ketones (excluding diaryl/α,β-unsaturated/α-hetero) is 1. The van der Waals surface area contributed by atoms with E-state index in [4.69, 9.17) is 0 Å². The molecule has 0 unspecified atom stereocenters. The van der Waals surface area contributed by atoms with Crippen LogP contribution in [0.4, 0.5) is 0 Å². The van der Waals surface area contributed by atoms with Crippen molar-refractivity contribution in [2.75, 3.05) is 6.61 Å². The van der Waals surface area contributed by atoms with Gasteiger partial charge in [-0.1, -0.05) is 14.4 Å². The van der Waals surface area contributed by atoms with Crippen LogP contribution in [0, 0.1) is 0 Å². The summed E-state index contributed by atoms with van der Waals surface area (Å²) >= 11 is 0. The van der Waals surface area contributed by atoms with Crippen molar-refractivity contribution in [2.24, 2.45) is 0 Å². The number of rotatable bonds is 4. The number of hydrogen-bond acceptors (Lipinski definition) is 3. The molecule has 0 fully saturated rings. The second kappa shape index (κ2) is 7.25. The molecule has 0 aromatic rings. The maximum Gasteiger partial charge on any atom is 0.306 e. The predicted molar refractivity (Wildman–Crippen MR) is 43.3 cm³/mol. The standard InChI is InChI=1S/C7H12O3.CH4/c1-3-4-7(9)10-5-6(2)8;/h3-5H2,1-2H3;1H4. The van der Waals surface area contributed by atoms with E-state index in [1.54, 1.807) is 0 Å². The Bertz CT molecular complexity index is 129. The molecule has 11 heavy (non-hydrogen) atoms.